The number of ether oxygens (including phenoxy) is 2. The zero-order valence-electron chi connectivity index (χ0n) is 20.0. The Morgan fingerprint density at radius 2 is 1.58 bits per heavy atom. The fourth-order valence-electron chi connectivity index (χ4n) is 3.93. The van der Waals surface area contributed by atoms with E-state index >= 15 is 0 Å². The molecule has 1 aliphatic heterocycles. The summed E-state index contributed by atoms with van der Waals surface area (Å²) >= 11 is 0. The first-order valence-corrected chi connectivity index (χ1v) is 11.3. The van der Waals surface area contributed by atoms with Crippen molar-refractivity contribution >= 4 is 29.4 Å². The number of rotatable bonds is 7. The molecular formula is C26H27N5O5. The topological polar surface area (TPSA) is 117 Å². The van der Waals surface area contributed by atoms with Crippen LogP contribution in [0.25, 0.3) is 11.6 Å². The Labute approximate surface area is 208 Å². The van der Waals surface area contributed by atoms with E-state index in [1.54, 1.807) is 36.7 Å². The zero-order valence-corrected chi connectivity index (χ0v) is 20.0. The minimum atomic E-state index is -0.676. The summed E-state index contributed by atoms with van der Waals surface area (Å²) < 4.78 is 10.8. The number of hydroxylamine groups is 1. The normalized spacial score (nSPS) is 13.8. The van der Waals surface area contributed by atoms with Crippen LogP contribution in [0.1, 0.15) is 21.5 Å². The molecule has 1 saturated heterocycles. The van der Waals surface area contributed by atoms with Gasteiger partial charge in [-0.15, -0.1) is 0 Å². The quantitative estimate of drug-likeness (QED) is 0.225. The zero-order chi connectivity index (χ0) is 25.5. The Balaban J connectivity index is 1.54. The standard InChI is InChI=1S/C26H27N5O5/c1-35-22-9-8-19(15-23(22)36-2)21(14-18-6-4-3-5-7-18)25(33)30-10-12-31(13-11-30)26-27-16-20(17-28-26)24(32)29-34/h3-9,14-17,34H,10-13H2,1-2H3,(H,29,32). The molecular weight excluding hydrogens is 462 g/mol. The molecule has 36 heavy (non-hydrogen) atoms. The van der Waals surface area contributed by atoms with E-state index < -0.39 is 5.91 Å². The first-order chi connectivity index (χ1) is 17.5. The molecule has 0 aliphatic carbocycles. The Bertz CT molecular complexity index is 1240. The number of anilines is 1. The van der Waals surface area contributed by atoms with E-state index in [1.165, 1.54) is 12.4 Å². The SMILES string of the molecule is COc1ccc(C(=Cc2ccccc2)C(=O)N2CCN(c3ncc(C(=O)NO)cn3)CC2)cc1OC. The number of carbonyl (C=O) groups excluding carboxylic acids is 2. The van der Waals surface area contributed by atoms with Crippen molar-refractivity contribution in [1.29, 1.82) is 0 Å². The molecule has 1 aliphatic rings. The lowest BCUT2D eigenvalue weighted by Crippen LogP contribution is -2.49. The molecule has 0 unspecified atom stereocenters. The molecule has 3 aromatic rings. The Hall–Kier alpha value is -4.44. The maximum atomic E-state index is 13.7. The Morgan fingerprint density at radius 3 is 2.19 bits per heavy atom. The second-order valence-electron chi connectivity index (χ2n) is 8.03. The van der Waals surface area contributed by atoms with Gasteiger partial charge in [0.25, 0.3) is 11.8 Å². The van der Waals surface area contributed by atoms with Crippen molar-refractivity contribution in [3.63, 3.8) is 0 Å². The number of hydrogen-bond acceptors (Lipinski definition) is 8. The molecule has 1 aromatic heterocycles. The van der Waals surface area contributed by atoms with Gasteiger partial charge in [-0.05, 0) is 29.3 Å². The third-order valence-corrected chi connectivity index (χ3v) is 5.89. The molecule has 10 heteroatoms. The van der Waals surface area contributed by atoms with Gasteiger partial charge in [-0.25, -0.2) is 15.4 Å². The predicted octanol–water partition coefficient (Wildman–Crippen LogP) is 2.50. The highest BCUT2D eigenvalue weighted by molar-refractivity contribution is 6.24. The Morgan fingerprint density at radius 1 is 0.917 bits per heavy atom. The minimum Gasteiger partial charge on any atom is -0.493 e. The van der Waals surface area contributed by atoms with E-state index in [2.05, 4.69) is 9.97 Å². The van der Waals surface area contributed by atoms with Gasteiger partial charge in [-0.1, -0.05) is 36.4 Å². The second-order valence-corrected chi connectivity index (χ2v) is 8.03. The fraction of sp³-hybridized carbons (Fsp3) is 0.231. The maximum Gasteiger partial charge on any atom is 0.277 e. The van der Waals surface area contributed by atoms with E-state index in [4.69, 9.17) is 14.7 Å². The molecule has 0 bridgehead atoms. The summed E-state index contributed by atoms with van der Waals surface area (Å²) in [5.41, 5.74) is 3.90. The molecule has 2 amide bonds. The van der Waals surface area contributed by atoms with Gasteiger partial charge in [0.1, 0.15) is 0 Å². The Kier molecular flexibility index (Phi) is 7.76. The number of nitrogens with zero attached hydrogens (tertiary/aromatic N) is 4. The fourth-order valence-corrected chi connectivity index (χ4v) is 3.93. The molecule has 2 N–H and O–H groups in total. The summed E-state index contributed by atoms with van der Waals surface area (Å²) in [4.78, 5) is 37.4. The van der Waals surface area contributed by atoms with Crippen LogP contribution in [0.15, 0.2) is 60.9 Å². The van der Waals surface area contributed by atoms with E-state index in [1.807, 2.05) is 47.4 Å². The lowest BCUT2D eigenvalue weighted by molar-refractivity contribution is -0.125. The van der Waals surface area contributed by atoms with E-state index in [-0.39, 0.29) is 11.5 Å². The number of benzene rings is 2. The number of hydrogen-bond donors (Lipinski definition) is 2. The molecule has 10 nitrogen and oxygen atoms in total. The van der Waals surface area contributed by atoms with Crippen molar-refractivity contribution in [2.24, 2.45) is 0 Å². The number of amides is 2. The molecule has 0 radical (unpaired) electrons. The predicted molar refractivity (Wildman–Crippen MR) is 134 cm³/mol. The third-order valence-electron chi connectivity index (χ3n) is 5.89. The molecule has 4 rings (SSSR count). The van der Waals surface area contributed by atoms with Crippen molar-refractivity contribution in [3.05, 3.63) is 77.6 Å². The number of carbonyl (C=O) groups is 2. The molecule has 1 fully saturated rings. The average molecular weight is 490 g/mol. The summed E-state index contributed by atoms with van der Waals surface area (Å²) in [5, 5.41) is 8.74. The van der Waals surface area contributed by atoms with Crippen LogP contribution in [0.2, 0.25) is 0 Å². The van der Waals surface area contributed by atoms with Crippen LogP contribution in [-0.4, -0.2) is 72.3 Å². The van der Waals surface area contributed by atoms with E-state index in [9.17, 15) is 9.59 Å². The monoisotopic (exact) mass is 489 g/mol. The van der Waals surface area contributed by atoms with Crippen LogP contribution in [0.5, 0.6) is 11.5 Å². The van der Waals surface area contributed by atoms with Crippen molar-refractivity contribution in [2.45, 2.75) is 0 Å². The summed E-state index contributed by atoms with van der Waals surface area (Å²) in [6.07, 6.45) is 4.58. The molecule has 2 aromatic carbocycles. The van der Waals surface area contributed by atoms with Crippen LogP contribution >= 0.6 is 0 Å². The molecule has 0 saturated carbocycles. The van der Waals surface area contributed by atoms with Gasteiger partial charge in [0, 0.05) is 44.1 Å². The van der Waals surface area contributed by atoms with Crippen molar-refractivity contribution in [3.8, 4) is 11.5 Å². The smallest absolute Gasteiger partial charge is 0.277 e. The first kappa shape index (κ1) is 24.7. The molecule has 2 heterocycles. The van der Waals surface area contributed by atoms with Crippen molar-refractivity contribution < 1.29 is 24.3 Å². The maximum absolute atomic E-state index is 13.7. The second kappa shape index (κ2) is 11.3. The minimum absolute atomic E-state index is 0.0957. The highest BCUT2D eigenvalue weighted by atomic mass is 16.5. The van der Waals surface area contributed by atoms with Gasteiger partial charge in [0.05, 0.1) is 19.8 Å². The van der Waals surface area contributed by atoms with E-state index in [0.29, 0.717) is 49.2 Å². The van der Waals surface area contributed by atoms with Gasteiger partial charge < -0.3 is 19.3 Å². The van der Waals surface area contributed by atoms with Crippen LogP contribution in [0, 0.1) is 0 Å². The van der Waals surface area contributed by atoms with Crippen molar-refractivity contribution in [2.75, 3.05) is 45.3 Å². The van der Waals surface area contributed by atoms with Gasteiger partial charge in [-0.2, -0.15) is 0 Å². The summed E-state index contributed by atoms with van der Waals surface area (Å²) in [7, 11) is 3.13. The van der Waals surface area contributed by atoms with Crippen LogP contribution in [-0.2, 0) is 4.79 Å². The molecule has 0 spiro atoms. The largest absolute Gasteiger partial charge is 0.493 e. The number of nitrogens with one attached hydrogen (secondary N) is 1. The van der Waals surface area contributed by atoms with Gasteiger partial charge in [0.2, 0.25) is 5.95 Å². The van der Waals surface area contributed by atoms with Gasteiger partial charge >= 0.3 is 0 Å². The highest BCUT2D eigenvalue weighted by Gasteiger charge is 2.26. The summed E-state index contributed by atoms with van der Waals surface area (Å²) in [6.45, 7) is 2.00. The lowest BCUT2D eigenvalue weighted by atomic mass is 10.0. The number of methoxy groups -OCH3 is 2. The third kappa shape index (κ3) is 5.44. The van der Waals surface area contributed by atoms with Gasteiger partial charge in [0.15, 0.2) is 11.5 Å². The first-order valence-electron chi connectivity index (χ1n) is 11.3. The lowest BCUT2D eigenvalue weighted by Gasteiger charge is -2.35. The van der Waals surface area contributed by atoms with Crippen molar-refractivity contribution in [1.82, 2.24) is 20.3 Å². The molecule has 186 valence electrons. The number of piperazine rings is 1. The average Bonchev–Trinajstić information content (AvgIpc) is 2.95. The number of aromatic nitrogens is 2. The summed E-state index contributed by atoms with van der Waals surface area (Å²) in [6, 6.07) is 15.1. The highest BCUT2D eigenvalue weighted by Crippen LogP contribution is 2.32. The van der Waals surface area contributed by atoms with Crippen LogP contribution < -0.4 is 19.9 Å². The van der Waals surface area contributed by atoms with Crippen LogP contribution in [0.4, 0.5) is 5.95 Å². The summed E-state index contributed by atoms with van der Waals surface area (Å²) in [5.74, 6) is 0.814. The van der Waals surface area contributed by atoms with Gasteiger partial charge in [-0.3, -0.25) is 14.8 Å². The molecule has 0 atom stereocenters. The van der Waals surface area contributed by atoms with E-state index in [0.717, 1.165) is 11.1 Å². The van der Waals surface area contributed by atoms with Crippen LogP contribution in [0.3, 0.4) is 0 Å².